The van der Waals surface area contributed by atoms with Crippen LogP contribution in [0.1, 0.15) is 26.2 Å². The van der Waals surface area contributed by atoms with E-state index < -0.39 is 0 Å². The Bertz CT molecular complexity index is 150. The van der Waals surface area contributed by atoms with Crippen molar-refractivity contribution in [3.05, 3.63) is 0 Å². The van der Waals surface area contributed by atoms with Gasteiger partial charge in [-0.15, -0.1) is 0 Å². The molecule has 1 aliphatic rings. The summed E-state index contributed by atoms with van der Waals surface area (Å²) in [7, 11) is 0. The summed E-state index contributed by atoms with van der Waals surface area (Å²) in [4.78, 5) is 16.3. The van der Waals surface area contributed by atoms with Crippen molar-refractivity contribution < 1.29 is 9.63 Å². The van der Waals surface area contributed by atoms with E-state index in [-0.39, 0.29) is 11.9 Å². The molecule has 0 radical (unpaired) electrons. The summed E-state index contributed by atoms with van der Waals surface area (Å²) in [5.41, 5.74) is 2.75. The Hall–Kier alpha value is -0.610. The summed E-state index contributed by atoms with van der Waals surface area (Å²) in [5.74, 6) is 0.0564. The second-order valence-corrected chi connectivity index (χ2v) is 2.89. The second-order valence-electron chi connectivity index (χ2n) is 2.89. The van der Waals surface area contributed by atoms with E-state index >= 15 is 0 Å². The zero-order chi connectivity index (χ0) is 8.81. The van der Waals surface area contributed by atoms with Crippen LogP contribution in [0.4, 0.5) is 0 Å². The molecule has 1 rings (SSSR count). The van der Waals surface area contributed by atoms with Gasteiger partial charge in [-0.2, -0.15) is 5.48 Å². The maximum absolute atomic E-state index is 11.3. The molecule has 0 aromatic rings. The van der Waals surface area contributed by atoms with Gasteiger partial charge in [0.1, 0.15) is 6.04 Å². The average molecular weight is 172 g/mol. The molecule has 1 fully saturated rings. The van der Waals surface area contributed by atoms with Gasteiger partial charge in [0, 0.05) is 6.54 Å². The van der Waals surface area contributed by atoms with Crippen molar-refractivity contribution in [3.8, 4) is 0 Å². The number of hydroxylamine groups is 1. The molecule has 0 spiro atoms. The molecular formula is C8H16N2O2. The molecule has 0 aromatic carbocycles. The van der Waals surface area contributed by atoms with Gasteiger partial charge in [0.15, 0.2) is 0 Å². The lowest BCUT2D eigenvalue weighted by Gasteiger charge is -2.13. The Morgan fingerprint density at radius 1 is 1.67 bits per heavy atom. The van der Waals surface area contributed by atoms with Gasteiger partial charge in [-0.05, 0) is 26.2 Å². The standard InChI is InChI=1S/C8H16N2O2/c1-2-12-10-7-5-3-4-6-9-8(7)11/h7,10H,2-6H2,1H3,(H,9,11). The van der Waals surface area contributed by atoms with Gasteiger partial charge < -0.3 is 10.2 Å². The maximum Gasteiger partial charge on any atom is 0.239 e. The summed E-state index contributed by atoms with van der Waals surface area (Å²) in [6, 6.07) is -0.160. The quantitative estimate of drug-likeness (QED) is 0.598. The van der Waals surface area contributed by atoms with E-state index in [1.165, 1.54) is 0 Å². The first-order chi connectivity index (χ1) is 5.84. The highest BCUT2D eigenvalue weighted by atomic mass is 16.6. The van der Waals surface area contributed by atoms with E-state index in [0.717, 1.165) is 25.8 Å². The zero-order valence-electron chi connectivity index (χ0n) is 7.43. The highest BCUT2D eigenvalue weighted by Gasteiger charge is 2.19. The van der Waals surface area contributed by atoms with Crippen LogP contribution in [0.5, 0.6) is 0 Å². The van der Waals surface area contributed by atoms with Crippen LogP contribution in [0.3, 0.4) is 0 Å². The number of hydrogen-bond acceptors (Lipinski definition) is 3. The van der Waals surface area contributed by atoms with Crippen LogP contribution in [0, 0.1) is 0 Å². The molecule has 1 aliphatic heterocycles. The number of hydrogen-bond donors (Lipinski definition) is 2. The van der Waals surface area contributed by atoms with Crippen molar-refractivity contribution in [2.24, 2.45) is 0 Å². The Labute approximate surface area is 72.6 Å². The Morgan fingerprint density at radius 3 is 3.25 bits per heavy atom. The Kier molecular flexibility index (Phi) is 4.04. The van der Waals surface area contributed by atoms with Crippen LogP contribution < -0.4 is 10.8 Å². The minimum Gasteiger partial charge on any atom is -0.355 e. The number of nitrogens with one attached hydrogen (secondary N) is 2. The molecule has 0 aromatic heterocycles. The fraction of sp³-hybridized carbons (Fsp3) is 0.875. The lowest BCUT2D eigenvalue weighted by Crippen LogP contribution is -2.42. The van der Waals surface area contributed by atoms with E-state index in [1.807, 2.05) is 6.92 Å². The van der Waals surface area contributed by atoms with Crippen molar-refractivity contribution in [1.82, 2.24) is 10.8 Å². The maximum atomic E-state index is 11.3. The third-order valence-corrected chi connectivity index (χ3v) is 1.91. The smallest absolute Gasteiger partial charge is 0.239 e. The molecule has 0 aliphatic carbocycles. The van der Waals surface area contributed by atoms with Crippen molar-refractivity contribution in [1.29, 1.82) is 0 Å². The molecule has 0 bridgehead atoms. The average Bonchev–Trinajstić information content (AvgIpc) is 2.27. The van der Waals surface area contributed by atoms with Gasteiger partial charge >= 0.3 is 0 Å². The highest BCUT2D eigenvalue weighted by Crippen LogP contribution is 2.04. The number of amides is 1. The van der Waals surface area contributed by atoms with E-state index in [2.05, 4.69) is 10.8 Å². The van der Waals surface area contributed by atoms with Gasteiger partial charge in [-0.1, -0.05) is 0 Å². The highest BCUT2D eigenvalue weighted by molar-refractivity contribution is 5.81. The van der Waals surface area contributed by atoms with E-state index in [0.29, 0.717) is 6.61 Å². The topological polar surface area (TPSA) is 50.4 Å². The van der Waals surface area contributed by atoms with Crippen molar-refractivity contribution >= 4 is 5.91 Å². The van der Waals surface area contributed by atoms with Gasteiger partial charge in [0.05, 0.1) is 6.61 Å². The van der Waals surface area contributed by atoms with Crippen LogP contribution in [0.2, 0.25) is 0 Å². The van der Waals surface area contributed by atoms with Crippen molar-refractivity contribution in [3.63, 3.8) is 0 Å². The fourth-order valence-electron chi connectivity index (χ4n) is 1.24. The largest absolute Gasteiger partial charge is 0.355 e. The van der Waals surface area contributed by atoms with Crippen molar-refractivity contribution in [2.45, 2.75) is 32.2 Å². The first-order valence-electron chi connectivity index (χ1n) is 4.49. The SMILES string of the molecule is CCONC1CCCCNC1=O. The molecule has 12 heavy (non-hydrogen) atoms. The summed E-state index contributed by atoms with van der Waals surface area (Å²) >= 11 is 0. The van der Waals surface area contributed by atoms with Gasteiger partial charge in [-0.3, -0.25) is 4.79 Å². The summed E-state index contributed by atoms with van der Waals surface area (Å²) in [5, 5.41) is 2.82. The molecule has 1 saturated heterocycles. The zero-order valence-corrected chi connectivity index (χ0v) is 7.43. The minimum absolute atomic E-state index is 0.0564. The molecule has 70 valence electrons. The molecule has 2 N–H and O–H groups in total. The Morgan fingerprint density at radius 2 is 2.50 bits per heavy atom. The first-order valence-corrected chi connectivity index (χ1v) is 4.49. The Balaban J connectivity index is 2.31. The predicted molar refractivity (Wildman–Crippen MR) is 45.4 cm³/mol. The van der Waals surface area contributed by atoms with Crippen LogP contribution >= 0.6 is 0 Å². The van der Waals surface area contributed by atoms with Crippen molar-refractivity contribution in [2.75, 3.05) is 13.2 Å². The second kappa shape index (κ2) is 5.11. The molecule has 0 saturated carbocycles. The third kappa shape index (κ3) is 2.79. The van der Waals surface area contributed by atoms with Crippen LogP contribution in [-0.2, 0) is 9.63 Å². The van der Waals surface area contributed by atoms with E-state index in [1.54, 1.807) is 0 Å². The van der Waals surface area contributed by atoms with Gasteiger partial charge in [0.2, 0.25) is 5.91 Å². The molecule has 1 unspecified atom stereocenters. The molecule has 1 atom stereocenters. The molecule has 1 heterocycles. The van der Waals surface area contributed by atoms with Crippen LogP contribution in [0.15, 0.2) is 0 Å². The monoisotopic (exact) mass is 172 g/mol. The first kappa shape index (κ1) is 9.48. The third-order valence-electron chi connectivity index (χ3n) is 1.91. The van der Waals surface area contributed by atoms with Crippen LogP contribution in [-0.4, -0.2) is 25.1 Å². The van der Waals surface area contributed by atoms with Gasteiger partial charge in [0.25, 0.3) is 0 Å². The van der Waals surface area contributed by atoms with Crippen LogP contribution in [0.25, 0.3) is 0 Å². The molecule has 4 heteroatoms. The lowest BCUT2D eigenvalue weighted by molar-refractivity contribution is -0.126. The van der Waals surface area contributed by atoms with E-state index in [4.69, 9.17) is 4.84 Å². The fourth-order valence-corrected chi connectivity index (χ4v) is 1.24. The normalized spacial score (nSPS) is 24.8. The molecule has 1 amide bonds. The number of carbonyl (C=O) groups excluding carboxylic acids is 1. The molecule has 4 nitrogen and oxygen atoms in total. The summed E-state index contributed by atoms with van der Waals surface area (Å²) in [6.07, 6.45) is 3.01. The predicted octanol–water partition coefficient (Wildman–Crippen LogP) is 0.196. The van der Waals surface area contributed by atoms with Gasteiger partial charge in [-0.25, -0.2) is 0 Å². The van der Waals surface area contributed by atoms with E-state index in [9.17, 15) is 4.79 Å². The minimum atomic E-state index is -0.160. The number of carbonyl (C=O) groups is 1. The lowest BCUT2D eigenvalue weighted by atomic mass is 10.1. The molecular weight excluding hydrogens is 156 g/mol. The summed E-state index contributed by atoms with van der Waals surface area (Å²) in [6.45, 7) is 3.27. The number of rotatable bonds is 3. The summed E-state index contributed by atoms with van der Waals surface area (Å²) < 4.78 is 0.